The number of para-hydroxylation sites is 1. The molecule has 8 nitrogen and oxygen atoms in total. The Bertz CT molecular complexity index is 678. The quantitative estimate of drug-likeness (QED) is 0.652. The van der Waals surface area contributed by atoms with Crippen molar-refractivity contribution in [3.63, 3.8) is 0 Å². The number of benzene rings is 1. The largest absolute Gasteiger partial charge is 0.378 e. The van der Waals surface area contributed by atoms with Crippen molar-refractivity contribution in [2.24, 2.45) is 0 Å². The summed E-state index contributed by atoms with van der Waals surface area (Å²) >= 11 is 0. The van der Waals surface area contributed by atoms with Crippen LogP contribution in [0.15, 0.2) is 36.5 Å². The second kappa shape index (κ2) is 5.84. The Kier molecular flexibility index (Phi) is 3.73. The zero-order valence-electron chi connectivity index (χ0n) is 11.8. The van der Waals surface area contributed by atoms with Gasteiger partial charge in [-0.1, -0.05) is 18.2 Å². The normalized spacial score (nSPS) is 17.5. The highest BCUT2D eigenvalue weighted by atomic mass is 16.6. The molecule has 3 rings (SSSR count). The number of hydrogen-bond acceptors (Lipinski definition) is 7. The minimum Gasteiger partial charge on any atom is -0.378 e. The average Bonchev–Trinajstić information content (AvgIpc) is 2.96. The number of nitro groups is 1. The lowest BCUT2D eigenvalue weighted by Crippen LogP contribution is -2.26. The molecule has 22 heavy (non-hydrogen) atoms. The van der Waals surface area contributed by atoms with Gasteiger partial charge in [0.25, 0.3) is 0 Å². The first-order valence-electron chi connectivity index (χ1n) is 6.97. The minimum atomic E-state index is -0.591. The van der Waals surface area contributed by atoms with Gasteiger partial charge in [0.2, 0.25) is 11.8 Å². The van der Waals surface area contributed by atoms with Gasteiger partial charge in [-0.25, -0.2) is 4.98 Å². The van der Waals surface area contributed by atoms with Gasteiger partial charge in [0.05, 0.1) is 4.92 Å². The minimum absolute atomic E-state index is 0.125. The summed E-state index contributed by atoms with van der Waals surface area (Å²) in [7, 11) is 0. The van der Waals surface area contributed by atoms with Crippen LogP contribution in [0.2, 0.25) is 0 Å². The number of nitrogen functional groups attached to an aromatic ring is 1. The Morgan fingerprint density at radius 1 is 1.36 bits per heavy atom. The van der Waals surface area contributed by atoms with Crippen molar-refractivity contribution in [3.05, 3.63) is 46.6 Å². The molecule has 1 atom stereocenters. The second-order valence-electron chi connectivity index (χ2n) is 5.13. The first-order chi connectivity index (χ1) is 10.6. The van der Waals surface area contributed by atoms with E-state index in [0.717, 1.165) is 25.7 Å². The van der Waals surface area contributed by atoms with Gasteiger partial charge in [-0.15, -0.1) is 0 Å². The van der Waals surface area contributed by atoms with E-state index in [1.165, 1.54) is 5.69 Å². The van der Waals surface area contributed by atoms with Crippen LogP contribution < -0.4 is 16.0 Å². The van der Waals surface area contributed by atoms with Crippen molar-refractivity contribution in [3.8, 4) is 0 Å². The monoisotopic (exact) mass is 300 g/mol. The van der Waals surface area contributed by atoms with E-state index in [1.807, 2.05) is 18.2 Å². The van der Waals surface area contributed by atoms with E-state index in [2.05, 4.69) is 32.3 Å². The standard InChI is InChI=1S/C14H16N6O2/c15-13-12(20(21)22)8-16-14(18-13)17-10-6-7-19(9-10)11-4-2-1-3-5-11/h1-5,8,10H,6-7,9H2,(H3,15,16,17,18). The average molecular weight is 300 g/mol. The Balaban J connectivity index is 1.65. The summed E-state index contributed by atoms with van der Waals surface area (Å²) in [5, 5.41) is 13.9. The molecule has 1 unspecified atom stereocenters. The predicted octanol–water partition coefficient (Wildman–Crippen LogP) is 1.66. The molecule has 0 amide bonds. The van der Waals surface area contributed by atoms with Gasteiger partial charge >= 0.3 is 5.69 Å². The van der Waals surface area contributed by atoms with Crippen molar-refractivity contribution < 1.29 is 4.92 Å². The van der Waals surface area contributed by atoms with Crippen molar-refractivity contribution in [1.82, 2.24) is 9.97 Å². The van der Waals surface area contributed by atoms with E-state index in [-0.39, 0.29) is 17.5 Å². The van der Waals surface area contributed by atoms with E-state index in [9.17, 15) is 10.1 Å². The summed E-state index contributed by atoms with van der Waals surface area (Å²) in [4.78, 5) is 20.3. The molecule has 8 heteroatoms. The highest BCUT2D eigenvalue weighted by molar-refractivity contribution is 5.54. The molecule has 1 saturated heterocycles. The molecular weight excluding hydrogens is 284 g/mol. The van der Waals surface area contributed by atoms with Gasteiger partial charge in [-0.3, -0.25) is 10.1 Å². The fourth-order valence-corrected chi connectivity index (χ4v) is 2.53. The molecule has 3 N–H and O–H groups in total. The number of anilines is 3. The smallest absolute Gasteiger partial charge is 0.329 e. The molecule has 1 fully saturated rings. The highest BCUT2D eigenvalue weighted by Crippen LogP contribution is 2.23. The van der Waals surface area contributed by atoms with E-state index >= 15 is 0 Å². The number of rotatable bonds is 4. The van der Waals surface area contributed by atoms with Crippen LogP contribution in [0.3, 0.4) is 0 Å². The third-order valence-electron chi connectivity index (χ3n) is 3.64. The molecule has 1 aromatic heterocycles. The third-order valence-corrected chi connectivity index (χ3v) is 3.64. The van der Waals surface area contributed by atoms with Crippen LogP contribution in [0.4, 0.5) is 23.1 Å². The van der Waals surface area contributed by atoms with Crippen molar-refractivity contribution in [1.29, 1.82) is 0 Å². The van der Waals surface area contributed by atoms with Crippen LogP contribution in [0.5, 0.6) is 0 Å². The Labute approximate surface area is 127 Å². The van der Waals surface area contributed by atoms with Crippen LogP contribution in [0.25, 0.3) is 0 Å². The molecule has 1 aliphatic heterocycles. The van der Waals surface area contributed by atoms with E-state index in [4.69, 9.17) is 5.73 Å². The molecule has 2 aromatic rings. The molecule has 0 spiro atoms. The Hall–Kier alpha value is -2.90. The first-order valence-corrected chi connectivity index (χ1v) is 6.97. The van der Waals surface area contributed by atoms with Crippen LogP contribution in [-0.2, 0) is 0 Å². The molecule has 2 heterocycles. The molecule has 0 aliphatic carbocycles. The highest BCUT2D eigenvalue weighted by Gasteiger charge is 2.24. The topological polar surface area (TPSA) is 110 Å². The number of nitrogens with zero attached hydrogens (tertiary/aromatic N) is 4. The zero-order chi connectivity index (χ0) is 15.5. The second-order valence-corrected chi connectivity index (χ2v) is 5.13. The zero-order valence-corrected chi connectivity index (χ0v) is 11.8. The van der Waals surface area contributed by atoms with Gasteiger partial charge in [-0.2, -0.15) is 4.98 Å². The summed E-state index contributed by atoms with van der Waals surface area (Å²) in [6.45, 7) is 1.76. The molecular formula is C14H16N6O2. The van der Waals surface area contributed by atoms with Crippen LogP contribution in [0, 0.1) is 10.1 Å². The van der Waals surface area contributed by atoms with Crippen molar-refractivity contribution in [2.45, 2.75) is 12.5 Å². The molecule has 1 aromatic carbocycles. The van der Waals surface area contributed by atoms with Crippen molar-refractivity contribution >= 4 is 23.1 Å². The summed E-state index contributed by atoms with van der Waals surface area (Å²) in [6.07, 6.45) is 2.07. The van der Waals surface area contributed by atoms with Crippen LogP contribution in [-0.4, -0.2) is 34.0 Å². The number of nitrogens with two attached hydrogens (primary N) is 1. The van der Waals surface area contributed by atoms with Gasteiger partial charge in [0.1, 0.15) is 6.20 Å². The SMILES string of the molecule is Nc1nc(NC2CCN(c3ccccc3)C2)ncc1[N+](=O)[O-]. The third kappa shape index (κ3) is 2.90. The van der Waals surface area contributed by atoms with Gasteiger partial charge in [-0.05, 0) is 18.6 Å². The van der Waals surface area contributed by atoms with E-state index < -0.39 is 4.92 Å². The summed E-state index contributed by atoms with van der Waals surface area (Å²) in [5.74, 6) is 0.198. The first kappa shape index (κ1) is 14.1. The maximum atomic E-state index is 10.7. The van der Waals surface area contributed by atoms with Gasteiger partial charge in [0, 0.05) is 24.8 Å². The maximum Gasteiger partial charge on any atom is 0.329 e. The summed E-state index contributed by atoms with van der Waals surface area (Å²) < 4.78 is 0. The van der Waals surface area contributed by atoms with Crippen molar-refractivity contribution in [2.75, 3.05) is 29.0 Å². The van der Waals surface area contributed by atoms with E-state index in [0.29, 0.717) is 5.95 Å². The molecule has 0 radical (unpaired) electrons. The maximum absolute atomic E-state index is 10.7. The van der Waals surface area contributed by atoms with Crippen LogP contribution >= 0.6 is 0 Å². The molecule has 0 saturated carbocycles. The number of nitrogens with one attached hydrogen (secondary N) is 1. The summed E-state index contributed by atoms with van der Waals surface area (Å²) in [6, 6.07) is 10.3. The number of aromatic nitrogens is 2. The lowest BCUT2D eigenvalue weighted by molar-refractivity contribution is -0.384. The molecule has 0 bridgehead atoms. The van der Waals surface area contributed by atoms with Crippen LogP contribution in [0.1, 0.15) is 6.42 Å². The fraction of sp³-hybridized carbons (Fsp3) is 0.286. The number of hydrogen-bond donors (Lipinski definition) is 2. The van der Waals surface area contributed by atoms with E-state index in [1.54, 1.807) is 0 Å². The summed E-state index contributed by atoms with van der Waals surface area (Å²) in [5.41, 5.74) is 6.47. The van der Waals surface area contributed by atoms with Gasteiger partial charge < -0.3 is 16.0 Å². The van der Waals surface area contributed by atoms with Gasteiger partial charge in [0.15, 0.2) is 0 Å². The Morgan fingerprint density at radius 2 is 2.14 bits per heavy atom. The molecule has 114 valence electrons. The Morgan fingerprint density at radius 3 is 2.82 bits per heavy atom. The lowest BCUT2D eigenvalue weighted by Gasteiger charge is -2.18. The lowest BCUT2D eigenvalue weighted by atomic mass is 10.3. The fourth-order valence-electron chi connectivity index (χ4n) is 2.53. The molecule has 1 aliphatic rings. The predicted molar refractivity (Wildman–Crippen MR) is 83.8 cm³/mol.